The molecule has 0 amide bonds. The lowest BCUT2D eigenvalue weighted by Gasteiger charge is -2.28. The van der Waals surface area contributed by atoms with Gasteiger partial charge >= 0.3 is 0 Å². The molecule has 4 heteroatoms. The summed E-state index contributed by atoms with van der Waals surface area (Å²) >= 11 is 0. The summed E-state index contributed by atoms with van der Waals surface area (Å²) < 4.78 is 10.7. The predicted octanol–water partition coefficient (Wildman–Crippen LogP) is 1.97. The maximum atomic E-state index is 10.1. The smallest absolute Gasteiger partial charge is 0.125 e. The molecule has 0 aromatic heterocycles. The predicted molar refractivity (Wildman–Crippen MR) is 69.9 cm³/mol. The first-order valence-electron chi connectivity index (χ1n) is 6.03. The summed E-state index contributed by atoms with van der Waals surface area (Å²) in [6.07, 6.45) is 0. The molecule has 0 aliphatic carbocycles. The third kappa shape index (κ3) is 3.62. The Morgan fingerprint density at radius 3 is 2.50 bits per heavy atom. The van der Waals surface area contributed by atoms with Gasteiger partial charge in [-0.2, -0.15) is 0 Å². The second kappa shape index (κ2) is 6.07. The van der Waals surface area contributed by atoms with Crippen LogP contribution in [-0.4, -0.2) is 29.5 Å². The van der Waals surface area contributed by atoms with Crippen LogP contribution < -0.4 is 9.47 Å². The second-order valence-corrected chi connectivity index (χ2v) is 4.93. The zero-order valence-electron chi connectivity index (χ0n) is 11.4. The number of benzene rings is 1. The van der Waals surface area contributed by atoms with E-state index in [4.69, 9.17) is 9.47 Å². The van der Waals surface area contributed by atoms with Crippen molar-refractivity contribution in [2.24, 2.45) is 5.92 Å². The van der Waals surface area contributed by atoms with E-state index in [9.17, 15) is 10.2 Å². The molecule has 1 aromatic rings. The fourth-order valence-corrected chi connectivity index (χ4v) is 1.34. The van der Waals surface area contributed by atoms with Crippen LogP contribution in [0.2, 0.25) is 0 Å². The van der Waals surface area contributed by atoms with Crippen LogP contribution in [0.1, 0.15) is 26.3 Å². The highest BCUT2D eigenvalue weighted by Crippen LogP contribution is 2.26. The molecule has 0 heterocycles. The van der Waals surface area contributed by atoms with Crippen LogP contribution in [0.5, 0.6) is 11.5 Å². The number of methoxy groups -OCH3 is 1. The van der Waals surface area contributed by atoms with Gasteiger partial charge in [0.05, 0.1) is 19.3 Å². The van der Waals surface area contributed by atoms with E-state index in [1.54, 1.807) is 32.2 Å². The van der Waals surface area contributed by atoms with Crippen molar-refractivity contribution in [2.45, 2.75) is 33.0 Å². The van der Waals surface area contributed by atoms with Crippen molar-refractivity contribution in [1.82, 2.24) is 0 Å². The maximum absolute atomic E-state index is 10.1. The molecule has 0 bridgehead atoms. The minimum absolute atomic E-state index is 0.0910. The van der Waals surface area contributed by atoms with Crippen LogP contribution in [0.4, 0.5) is 0 Å². The SMILES string of the molecule is COc1ccc(OCC(C)(O)C(C)C)c(CO)c1. The topological polar surface area (TPSA) is 58.9 Å². The highest BCUT2D eigenvalue weighted by molar-refractivity contribution is 5.39. The number of aliphatic hydroxyl groups is 2. The molecule has 0 aliphatic heterocycles. The Bertz CT molecular complexity index is 385. The van der Waals surface area contributed by atoms with E-state index in [0.29, 0.717) is 17.1 Å². The van der Waals surface area contributed by atoms with Gasteiger partial charge in [0.1, 0.15) is 18.1 Å². The largest absolute Gasteiger partial charge is 0.497 e. The Kier molecular flexibility index (Phi) is 4.99. The van der Waals surface area contributed by atoms with Crippen LogP contribution in [0, 0.1) is 5.92 Å². The molecule has 102 valence electrons. The number of hydrogen-bond acceptors (Lipinski definition) is 4. The molecule has 1 rings (SSSR count). The van der Waals surface area contributed by atoms with E-state index < -0.39 is 5.60 Å². The minimum Gasteiger partial charge on any atom is -0.497 e. The second-order valence-electron chi connectivity index (χ2n) is 4.93. The third-order valence-corrected chi connectivity index (χ3v) is 3.20. The Labute approximate surface area is 108 Å². The molecule has 0 radical (unpaired) electrons. The molecular formula is C14H22O4. The Morgan fingerprint density at radius 1 is 1.33 bits per heavy atom. The van der Waals surface area contributed by atoms with Crippen LogP contribution in [-0.2, 0) is 6.61 Å². The lowest BCUT2D eigenvalue weighted by Crippen LogP contribution is -2.37. The van der Waals surface area contributed by atoms with Crippen molar-refractivity contribution in [3.8, 4) is 11.5 Å². The molecule has 0 aliphatic rings. The van der Waals surface area contributed by atoms with Crippen molar-refractivity contribution >= 4 is 0 Å². The van der Waals surface area contributed by atoms with Gasteiger partial charge in [0, 0.05) is 5.56 Å². The number of hydrogen-bond donors (Lipinski definition) is 2. The molecule has 18 heavy (non-hydrogen) atoms. The molecule has 0 spiro atoms. The van der Waals surface area contributed by atoms with Crippen molar-refractivity contribution < 1.29 is 19.7 Å². The lowest BCUT2D eigenvalue weighted by atomic mass is 9.94. The Morgan fingerprint density at radius 2 is 2.00 bits per heavy atom. The number of ether oxygens (including phenoxy) is 2. The summed E-state index contributed by atoms with van der Waals surface area (Å²) in [5.74, 6) is 1.33. The van der Waals surface area contributed by atoms with Gasteiger partial charge < -0.3 is 19.7 Å². The van der Waals surface area contributed by atoms with Crippen molar-refractivity contribution in [3.63, 3.8) is 0 Å². The van der Waals surface area contributed by atoms with E-state index in [2.05, 4.69) is 0 Å². The molecule has 2 N–H and O–H groups in total. The molecule has 0 fully saturated rings. The highest BCUT2D eigenvalue weighted by Gasteiger charge is 2.26. The quantitative estimate of drug-likeness (QED) is 0.815. The van der Waals surface area contributed by atoms with Crippen LogP contribution in [0.3, 0.4) is 0 Å². The molecule has 0 saturated carbocycles. The summed E-state index contributed by atoms with van der Waals surface area (Å²) in [6, 6.07) is 5.22. The van der Waals surface area contributed by atoms with Gasteiger partial charge in [-0.15, -0.1) is 0 Å². The maximum Gasteiger partial charge on any atom is 0.125 e. The van der Waals surface area contributed by atoms with E-state index in [1.165, 1.54) is 0 Å². The average molecular weight is 254 g/mol. The van der Waals surface area contributed by atoms with Gasteiger partial charge in [-0.25, -0.2) is 0 Å². The van der Waals surface area contributed by atoms with E-state index in [0.717, 1.165) is 0 Å². The van der Waals surface area contributed by atoms with Gasteiger partial charge in [-0.3, -0.25) is 0 Å². The first-order valence-corrected chi connectivity index (χ1v) is 6.03. The van der Waals surface area contributed by atoms with Crippen LogP contribution >= 0.6 is 0 Å². The van der Waals surface area contributed by atoms with Gasteiger partial charge in [0.25, 0.3) is 0 Å². The van der Waals surface area contributed by atoms with E-state index in [-0.39, 0.29) is 19.1 Å². The number of aliphatic hydroxyl groups excluding tert-OH is 1. The van der Waals surface area contributed by atoms with E-state index >= 15 is 0 Å². The van der Waals surface area contributed by atoms with E-state index in [1.807, 2.05) is 13.8 Å². The Balaban J connectivity index is 2.79. The van der Waals surface area contributed by atoms with Gasteiger partial charge in [-0.05, 0) is 31.0 Å². The minimum atomic E-state index is -0.896. The van der Waals surface area contributed by atoms with Crippen molar-refractivity contribution in [2.75, 3.05) is 13.7 Å². The first-order chi connectivity index (χ1) is 8.40. The van der Waals surface area contributed by atoms with Crippen LogP contribution in [0.15, 0.2) is 18.2 Å². The molecule has 1 unspecified atom stereocenters. The Hall–Kier alpha value is -1.26. The fourth-order valence-electron chi connectivity index (χ4n) is 1.34. The number of rotatable bonds is 6. The summed E-state index contributed by atoms with van der Waals surface area (Å²) in [5, 5.41) is 19.4. The summed E-state index contributed by atoms with van der Waals surface area (Å²) in [4.78, 5) is 0. The zero-order valence-corrected chi connectivity index (χ0v) is 11.4. The fraction of sp³-hybridized carbons (Fsp3) is 0.571. The summed E-state index contributed by atoms with van der Waals surface area (Å²) in [7, 11) is 1.57. The first kappa shape index (κ1) is 14.8. The summed E-state index contributed by atoms with van der Waals surface area (Å²) in [6.45, 7) is 5.66. The zero-order chi connectivity index (χ0) is 13.8. The molecule has 0 saturated heterocycles. The monoisotopic (exact) mass is 254 g/mol. The normalized spacial score (nSPS) is 14.4. The lowest BCUT2D eigenvalue weighted by molar-refractivity contribution is -0.0271. The molecule has 1 atom stereocenters. The van der Waals surface area contributed by atoms with Gasteiger partial charge in [-0.1, -0.05) is 13.8 Å². The highest BCUT2D eigenvalue weighted by atomic mass is 16.5. The van der Waals surface area contributed by atoms with Crippen LogP contribution in [0.25, 0.3) is 0 Å². The van der Waals surface area contributed by atoms with Crippen molar-refractivity contribution in [1.29, 1.82) is 0 Å². The average Bonchev–Trinajstić information content (AvgIpc) is 2.35. The standard InChI is InChI=1S/C14H22O4/c1-10(2)14(3,16)9-18-13-6-5-12(17-4)7-11(13)8-15/h5-7,10,15-16H,8-9H2,1-4H3. The third-order valence-electron chi connectivity index (χ3n) is 3.20. The molecular weight excluding hydrogens is 232 g/mol. The van der Waals surface area contributed by atoms with Gasteiger partial charge in [0.15, 0.2) is 0 Å². The van der Waals surface area contributed by atoms with Crippen molar-refractivity contribution in [3.05, 3.63) is 23.8 Å². The molecule has 4 nitrogen and oxygen atoms in total. The molecule has 1 aromatic carbocycles. The van der Waals surface area contributed by atoms with Gasteiger partial charge in [0.2, 0.25) is 0 Å². The summed E-state index contributed by atoms with van der Waals surface area (Å²) in [5.41, 5.74) is -0.249.